The standard InChI is InChI=1S/C17H15N3OS2/c1-11-18-15(9-22-11)7-8-17(21)20-14-5-3-13(4-6-14)16-10-23-12(2)19-16/h3-10H,1-2H3,(H,20,21)/b8-7+. The third kappa shape index (κ3) is 4.12. The van der Waals surface area contributed by atoms with E-state index in [9.17, 15) is 4.79 Å². The maximum Gasteiger partial charge on any atom is 0.248 e. The Morgan fingerprint density at radius 2 is 1.74 bits per heavy atom. The van der Waals surface area contributed by atoms with E-state index < -0.39 is 0 Å². The molecule has 23 heavy (non-hydrogen) atoms. The fraction of sp³-hybridized carbons (Fsp3) is 0.118. The molecule has 0 spiro atoms. The Morgan fingerprint density at radius 3 is 2.35 bits per heavy atom. The summed E-state index contributed by atoms with van der Waals surface area (Å²) in [7, 11) is 0. The topological polar surface area (TPSA) is 54.9 Å². The van der Waals surface area contributed by atoms with Gasteiger partial charge in [-0.05, 0) is 32.1 Å². The molecule has 0 aliphatic rings. The van der Waals surface area contributed by atoms with Gasteiger partial charge in [-0.2, -0.15) is 0 Å². The van der Waals surface area contributed by atoms with Gasteiger partial charge in [0.2, 0.25) is 5.91 Å². The molecule has 3 rings (SSSR count). The number of hydrogen-bond acceptors (Lipinski definition) is 5. The third-order valence-electron chi connectivity index (χ3n) is 3.11. The van der Waals surface area contributed by atoms with Gasteiger partial charge in [-0.3, -0.25) is 4.79 Å². The molecule has 0 unspecified atom stereocenters. The second-order valence-electron chi connectivity index (χ2n) is 4.94. The second kappa shape index (κ2) is 6.85. The highest BCUT2D eigenvalue weighted by molar-refractivity contribution is 7.10. The Balaban J connectivity index is 1.63. The smallest absolute Gasteiger partial charge is 0.248 e. The summed E-state index contributed by atoms with van der Waals surface area (Å²) in [6, 6.07) is 7.67. The van der Waals surface area contributed by atoms with Gasteiger partial charge in [-0.25, -0.2) is 9.97 Å². The molecule has 0 atom stereocenters. The maximum atomic E-state index is 11.9. The lowest BCUT2D eigenvalue weighted by Crippen LogP contribution is -2.07. The zero-order valence-corrected chi connectivity index (χ0v) is 14.4. The maximum absolute atomic E-state index is 11.9. The number of anilines is 1. The van der Waals surface area contributed by atoms with E-state index in [1.54, 1.807) is 28.7 Å². The van der Waals surface area contributed by atoms with Gasteiger partial charge in [0.05, 0.1) is 21.4 Å². The summed E-state index contributed by atoms with van der Waals surface area (Å²) >= 11 is 3.19. The van der Waals surface area contributed by atoms with E-state index in [-0.39, 0.29) is 5.91 Å². The number of aromatic nitrogens is 2. The number of benzene rings is 1. The van der Waals surface area contributed by atoms with Crippen molar-refractivity contribution in [2.24, 2.45) is 0 Å². The van der Waals surface area contributed by atoms with Crippen molar-refractivity contribution in [2.45, 2.75) is 13.8 Å². The predicted molar refractivity (Wildman–Crippen MR) is 96.8 cm³/mol. The van der Waals surface area contributed by atoms with Gasteiger partial charge in [0.15, 0.2) is 0 Å². The van der Waals surface area contributed by atoms with Crippen molar-refractivity contribution in [2.75, 3.05) is 5.32 Å². The van der Waals surface area contributed by atoms with Crippen molar-refractivity contribution in [3.05, 3.63) is 56.8 Å². The van der Waals surface area contributed by atoms with Crippen LogP contribution in [0.25, 0.3) is 17.3 Å². The summed E-state index contributed by atoms with van der Waals surface area (Å²) in [6.07, 6.45) is 3.21. The number of hydrogen-bond donors (Lipinski definition) is 1. The third-order valence-corrected chi connectivity index (χ3v) is 4.67. The molecule has 116 valence electrons. The number of aryl methyl sites for hydroxylation is 2. The fourth-order valence-corrected chi connectivity index (χ4v) is 3.22. The van der Waals surface area contributed by atoms with E-state index >= 15 is 0 Å². The van der Waals surface area contributed by atoms with Crippen molar-refractivity contribution in [1.82, 2.24) is 9.97 Å². The van der Waals surface area contributed by atoms with E-state index in [0.717, 1.165) is 32.7 Å². The van der Waals surface area contributed by atoms with Crippen molar-refractivity contribution < 1.29 is 4.79 Å². The van der Waals surface area contributed by atoms with Gasteiger partial charge < -0.3 is 5.32 Å². The normalized spacial score (nSPS) is 11.0. The van der Waals surface area contributed by atoms with Gasteiger partial charge >= 0.3 is 0 Å². The number of carbonyl (C=O) groups excluding carboxylic acids is 1. The molecule has 0 saturated carbocycles. The zero-order chi connectivity index (χ0) is 16.2. The summed E-state index contributed by atoms with van der Waals surface area (Å²) in [4.78, 5) is 20.7. The summed E-state index contributed by atoms with van der Waals surface area (Å²) in [5.41, 5.74) is 3.56. The molecule has 0 fully saturated rings. The molecule has 2 heterocycles. The van der Waals surface area contributed by atoms with Gasteiger partial charge in [0, 0.05) is 28.1 Å². The molecule has 3 aromatic rings. The van der Waals surface area contributed by atoms with Crippen molar-refractivity contribution >= 4 is 40.3 Å². The van der Waals surface area contributed by atoms with E-state index in [0.29, 0.717) is 0 Å². The molecule has 6 heteroatoms. The minimum atomic E-state index is -0.173. The monoisotopic (exact) mass is 341 g/mol. The second-order valence-corrected chi connectivity index (χ2v) is 7.07. The highest BCUT2D eigenvalue weighted by atomic mass is 32.1. The van der Waals surface area contributed by atoms with E-state index in [4.69, 9.17) is 0 Å². The lowest BCUT2D eigenvalue weighted by atomic mass is 10.1. The highest BCUT2D eigenvalue weighted by Crippen LogP contribution is 2.23. The number of rotatable bonds is 4. The molecular formula is C17H15N3OS2. The first-order valence-electron chi connectivity index (χ1n) is 7.04. The molecule has 0 saturated heterocycles. The van der Waals surface area contributed by atoms with Crippen molar-refractivity contribution in [3.8, 4) is 11.3 Å². The van der Waals surface area contributed by atoms with Crippen LogP contribution in [0, 0.1) is 13.8 Å². The minimum Gasteiger partial charge on any atom is -0.323 e. The van der Waals surface area contributed by atoms with Crippen molar-refractivity contribution in [1.29, 1.82) is 0 Å². The lowest BCUT2D eigenvalue weighted by Gasteiger charge is -2.03. The number of nitrogens with zero attached hydrogens (tertiary/aromatic N) is 2. The Labute approximate surface area is 142 Å². The Morgan fingerprint density at radius 1 is 1.04 bits per heavy atom. The van der Waals surface area contributed by atoms with Crippen LogP contribution in [0.3, 0.4) is 0 Å². The molecule has 0 radical (unpaired) electrons. The number of amides is 1. The van der Waals surface area contributed by atoms with E-state index in [1.807, 2.05) is 48.9 Å². The van der Waals surface area contributed by atoms with Crippen LogP contribution in [-0.4, -0.2) is 15.9 Å². The Hall–Kier alpha value is -2.31. The molecule has 1 N–H and O–H groups in total. The average Bonchev–Trinajstić information content (AvgIpc) is 3.15. The van der Waals surface area contributed by atoms with Gasteiger partial charge in [0.1, 0.15) is 0 Å². The molecule has 0 bridgehead atoms. The first-order valence-corrected chi connectivity index (χ1v) is 8.80. The zero-order valence-electron chi connectivity index (χ0n) is 12.7. The summed E-state index contributed by atoms with van der Waals surface area (Å²) in [5.74, 6) is -0.173. The molecule has 0 aliphatic heterocycles. The summed E-state index contributed by atoms with van der Waals surface area (Å²) < 4.78 is 0. The van der Waals surface area contributed by atoms with Crippen LogP contribution in [0.5, 0.6) is 0 Å². The van der Waals surface area contributed by atoms with Crippen molar-refractivity contribution in [3.63, 3.8) is 0 Å². The van der Waals surface area contributed by atoms with Gasteiger partial charge in [-0.1, -0.05) is 12.1 Å². The number of carbonyl (C=O) groups is 1. The molecule has 1 amide bonds. The van der Waals surface area contributed by atoms with Crippen LogP contribution in [0.4, 0.5) is 5.69 Å². The Kier molecular flexibility index (Phi) is 4.64. The lowest BCUT2D eigenvalue weighted by molar-refractivity contribution is -0.111. The molecule has 2 aromatic heterocycles. The fourth-order valence-electron chi connectivity index (χ4n) is 2.02. The SMILES string of the molecule is Cc1nc(/C=C/C(=O)Nc2ccc(-c3csc(C)n3)cc2)cs1. The Bertz CT molecular complexity index is 847. The van der Waals surface area contributed by atoms with Crippen LogP contribution in [-0.2, 0) is 4.79 Å². The van der Waals surface area contributed by atoms with E-state index in [1.165, 1.54) is 6.08 Å². The van der Waals surface area contributed by atoms with Crippen LogP contribution in [0.15, 0.2) is 41.1 Å². The van der Waals surface area contributed by atoms with Crippen LogP contribution in [0.1, 0.15) is 15.7 Å². The van der Waals surface area contributed by atoms with Gasteiger partial charge in [0.25, 0.3) is 0 Å². The van der Waals surface area contributed by atoms with Gasteiger partial charge in [-0.15, -0.1) is 22.7 Å². The molecular weight excluding hydrogens is 326 g/mol. The minimum absolute atomic E-state index is 0.173. The predicted octanol–water partition coefficient (Wildman–Crippen LogP) is 4.54. The largest absolute Gasteiger partial charge is 0.323 e. The molecule has 4 nitrogen and oxygen atoms in total. The first kappa shape index (κ1) is 15.6. The van der Waals surface area contributed by atoms with E-state index in [2.05, 4.69) is 15.3 Å². The number of nitrogens with one attached hydrogen (secondary N) is 1. The van der Waals surface area contributed by atoms with Crippen LogP contribution in [0.2, 0.25) is 0 Å². The molecule has 1 aromatic carbocycles. The summed E-state index contributed by atoms with van der Waals surface area (Å²) in [6.45, 7) is 3.92. The quantitative estimate of drug-likeness (QED) is 0.709. The number of thiazole rings is 2. The van der Waals surface area contributed by atoms with Crippen LogP contribution < -0.4 is 5.32 Å². The molecule has 0 aliphatic carbocycles. The van der Waals surface area contributed by atoms with Crippen LogP contribution >= 0.6 is 22.7 Å². The average molecular weight is 341 g/mol. The summed E-state index contributed by atoms with van der Waals surface area (Å²) in [5, 5.41) is 8.81. The highest BCUT2D eigenvalue weighted by Gasteiger charge is 2.03. The first-order chi connectivity index (χ1) is 11.1.